The Morgan fingerprint density at radius 3 is 2.62 bits per heavy atom. The van der Waals surface area contributed by atoms with Gasteiger partial charge in [0.05, 0.1) is 29.1 Å². The van der Waals surface area contributed by atoms with Gasteiger partial charge in [-0.3, -0.25) is 9.40 Å². The molecule has 0 amide bonds. The molecule has 6 nitrogen and oxygen atoms in total. The maximum absolute atomic E-state index is 11.4. The maximum atomic E-state index is 11.4. The lowest BCUT2D eigenvalue weighted by Gasteiger charge is -2.09. The van der Waals surface area contributed by atoms with Crippen LogP contribution < -0.4 is 10.5 Å². The third-order valence-corrected chi connectivity index (χ3v) is 5.22. The Morgan fingerprint density at radius 2 is 2.04 bits per heavy atom. The van der Waals surface area contributed by atoms with Crippen molar-refractivity contribution < 1.29 is 8.42 Å². The van der Waals surface area contributed by atoms with Crippen molar-refractivity contribution in [2.24, 2.45) is 5.73 Å². The molecule has 1 aromatic carbocycles. The molecule has 0 radical (unpaired) electrons. The minimum absolute atomic E-state index is 0.551. The summed E-state index contributed by atoms with van der Waals surface area (Å²) in [5.41, 5.74) is 8.46. The summed E-state index contributed by atoms with van der Waals surface area (Å²) in [6.45, 7) is 5.44. The van der Waals surface area contributed by atoms with E-state index in [4.69, 9.17) is 5.73 Å². The van der Waals surface area contributed by atoms with Crippen LogP contribution in [-0.4, -0.2) is 31.0 Å². The van der Waals surface area contributed by atoms with Crippen molar-refractivity contribution >= 4 is 27.5 Å². The molecular weight excluding hydrogens is 344 g/mol. The Bertz CT molecular complexity index is 800. The molecule has 0 aliphatic rings. The van der Waals surface area contributed by atoms with Crippen LogP contribution in [0.3, 0.4) is 0 Å². The summed E-state index contributed by atoms with van der Waals surface area (Å²) in [6.07, 6.45) is 2.86. The van der Waals surface area contributed by atoms with Crippen molar-refractivity contribution in [1.82, 2.24) is 9.78 Å². The van der Waals surface area contributed by atoms with E-state index in [9.17, 15) is 8.42 Å². The largest absolute Gasteiger partial charge is 0.329 e. The lowest BCUT2D eigenvalue weighted by molar-refractivity contribution is 0.589. The Hall–Kier alpha value is -1.51. The zero-order chi connectivity index (χ0) is 17.7. The summed E-state index contributed by atoms with van der Waals surface area (Å²) in [4.78, 5) is 2.12. The highest BCUT2D eigenvalue weighted by atomic mass is 32.2. The number of rotatable bonds is 8. The molecule has 132 valence electrons. The summed E-state index contributed by atoms with van der Waals surface area (Å²) < 4.78 is 27.3. The van der Waals surface area contributed by atoms with E-state index in [-0.39, 0.29) is 0 Å². The van der Waals surface area contributed by atoms with Crippen molar-refractivity contribution in [3.63, 3.8) is 0 Å². The fourth-order valence-corrected chi connectivity index (χ4v) is 4.28. The van der Waals surface area contributed by atoms with Gasteiger partial charge >= 0.3 is 0 Å². The van der Waals surface area contributed by atoms with Crippen LogP contribution in [0.1, 0.15) is 25.2 Å². The van der Waals surface area contributed by atoms with Crippen molar-refractivity contribution in [3.8, 4) is 0 Å². The zero-order valence-corrected chi connectivity index (χ0v) is 15.9. The van der Waals surface area contributed by atoms with Crippen molar-refractivity contribution in [2.75, 3.05) is 17.5 Å². The molecule has 3 N–H and O–H groups in total. The minimum Gasteiger partial charge on any atom is -0.329 e. The van der Waals surface area contributed by atoms with Gasteiger partial charge < -0.3 is 5.73 Å². The molecule has 0 spiro atoms. The van der Waals surface area contributed by atoms with E-state index >= 15 is 0 Å². The number of hydrogen-bond acceptors (Lipinski definition) is 5. The van der Waals surface area contributed by atoms with E-state index in [1.54, 1.807) is 17.8 Å². The van der Waals surface area contributed by atoms with Crippen molar-refractivity contribution in [2.45, 2.75) is 43.0 Å². The summed E-state index contributed by atoms with van der Waals surface area (Å²) in [6, 6.07) is 7.39. The van der Waals surface area contributed by atoms with Gasteiger partial charge in [0.25, 0.3) is 0 Å². The molecular formula is C16H24N4O2S2. The van der Waals surface area contributed by atoms with E-state index in [2.05, 4.69) is 23.7 Å². The van der Waals surface area contributed by atoms with Crippen LogP contribution in [0.25, 0.3) is 0 Å². The zero-order valence-electron chi connectivity index (χ0n) is 14.2. The first-order valence-electron chi connectivity index (χ1n) is 7.92. The van der Waals surface area contributed by atoms with E-state index in [0.29, 0.717) is 18.8 Å². The normalized spacial score (nSPS) is 11.7. The number of sulfonamides is 1. The fourth-order valence-electron chi connectivity index (χ4n) is 2.49. The monoisotopic (exact) mass is 368 g/mol. The second-order valence-corrected chi connectivity index (χ2v) is 8.28. The number of hydrogen-bond donors (Lipinski definition) is 2. The van der Waals surface area contributed by atoms with E-state index < -0.39 is 10.0 Å². The van der Waals surface area contributed by atoms with Gasteiger partial charge in [0.2, 0.25) is 10.0 Å². The van der Waals surface area contributed by atoms with Gasteiger partial charge in [0.1, 0.15) is 0 Å². The lowest BCUT2D eigenvalue weighted by atomic mass is 10.2. The summed E-state index contributed by atoms with van der Waals surface area (Å²) in [5, 5.41) is 4.67. The molecule has 0 aliphatic carbocycles. The molecule has 0 bridgehead atoms. The molecule has 24 heavy (non-hydrogen) atoms. The molecule has 0 aliphatic heterocycles. The summed E-state index contributed by atoms with van der Waals surface area (Å²) in [7, 11) is -3.29. The molecule has 1 heterocycles. The molecule has 0 saturated heterocycles. The Balaban J connectivity index is 2.35. The van der Waals surface area contributed by atoms with Gasteiger partial charge in [-0.05, 0) is 31.0 Å². The molecule has 2 rings (SSSR count). The Kier molecular flexibility index (Phi) is 6.31. The number of aryl methyl sites for hydroxylation is 1. The smallest absolute Gasteiger partial charge is 0.229 e. The van der Waals surface area contributed by atoms with E-state index in [0.717, 1.165) is 34.6 Å². The van der Waals surface area contributed by atoms with Gasteiger partial charge in [0, 0.05) is 17.1 Å². The second kappa shape index (κ2) is 8.04. The SMILES string of the molecule is CCc1nn(CCN)c(CC)c1Sc1cccc(NS(C)(=O)=O)c1. The minimum atomic E-state index is -3.29. The van der Waals surface area contributed by atoms with Crippen LogP contribution in [-0.2, 0) is 29.4 Å². The van der Waals surface area contributed by atoms with E-state index in [1.807, 2.05) is 22.9 Å². The molecule has 8 heteroatoms. The number of nitrogens with zero attached hydrogens (tertiary/aromatic N) is 2. The van der Waals surface area contributed by atoms with Gasteiger partial charge in [-0.2, -0.15) is 5.10 Å². The van der Waals surface area contributed by atoms with Crippen LogP contribution >= 0.6 is 11.8 Å². The summed E-state index contributed by atoms with van der Waals surface area (Å²) >= 11 is 1.62. The highest BCUT2D eigenvalue weighted by Gasteiger charge is 2.16. The average Bonchev–Trinajstić information content (AvgIpc) is 2.83. The third kappa shape index (κ3) is 4.75. The number of benzene rings is 1. The first-order chi connectivity index (χ1) is 11.4. The lowest BCUT2D eigenvalue weighted by Crippen LogP contribution is -2.13. The number of aromatic nitrogens is 2. The average molecular weight is 369 g/mol. The molecule has 0 atom stereocenters. The summed E-state index contributed by atoms with van der Waals surface area (Å²) in [5.74, 6) is 0. The third-order valence-electron chi connectivity index (χ3n) is 3.45. The van der Waals surface area contributed by atoms with Crippen LogP contribution in [0.15, 0.2) is 34.1 Å². The van der Waals surface area contributed by atoms with E-state index in [1.165, 1.54) is 5.69 Å². The van der Waals surface area contributed by atoms with Gasteiger partial charge in [-0.25, -0.2) is 8.42 Å². The fraction of sp³-hybridized carbons (Fsp3) is 0.438. The maximum Gasteiger partial charge on any atom is 0.229 e. The van der Waals surface area contributed by atoms with Gasteiger partial charge in [-0.15, -0.1) is 0 Å². The Morgan fingerprint density at radius 1 is 1.29 bits per heavy atom. The van der Waals surface area contributed by atoms with Gasteiger partial charge in [-0.1, -0.05) is 31.7 Å². The molecule has 0 saturated carbocycles. The van der Waals surface area contributed by atoms with Crippen LogP contribution in [0.2, 0.25) is 0 Å². The Labute approximate surface area is 147 Å². The van der Waals surface area contributed by atoms with Crippen molar-refractivity contribution in [3.05, 3.63) is 35.7 Å². The highest BCUT2D eigenvalue weighted by Crippen LogP contribution is 2.35. The first-order valence-corrected chi connectivity index (χ1v) is 10.6. The highest BCUT2D eigenvalue weighted by molar-refractivity contribution is 7.99. The molecule has 0 fully saturated rings. The molecule has 1 aromatic heterocycles. The quantitative estimate of drug-likeness (QED) is 0.747. The predicted octanol–water partition coefficient (Wildman–Crippen LogP) is 2.49. The molecule has 2 aromatic rings. The number of nitrogens with one attached hydrogen (secondary N) is 1. The number of anilines is 1. The van der Waals surface area contributed by atoms with Crippen molar-refractivity contribution in [1.29, 1.82) is 0 Å². The molecule has 0 unspecified atom stereocenters. The van der Waals surface area contributed by atoms with Crippen LogP contribution in [0.5, 0.6) is 0 Å². The standard InChI is InChI=1S/C16H24N4O2S2/c1-4-14-16(15(5-2)20(18-14)10-9-17)23-13-8-6-7-12(11-13)19-24(3,21)22/h6-8,11,19H,4-5,9-10,17H2,1-3H3. The van der Waals surface area contributed by atoms with Gasteiger partial charge in [0.15, 0.2) is 0 Å². The first kappa shape index (κ1) is 18.8. The topological polar surface area (TPSA) is 90.0 Å². The van der Waals surface area contributed by atoms with Crippen LogP contribution in [0, 0.1) is 0 Å². The predicted molar refractivity (Wildman–Crippen MR) is 99.1 cm³/mol. The second-order valence-electron chi connectivity index (χ2n) is 5.45. The number of nitrogens with two attached hydrogens (primary N) is 1. The van der Waals surface area contributed by atoms with Crippen LogP contribution in [0.4, 0.5) is 5.69 Å².